The van der Waals surface area contributed by atoms with Gasteiger partial charge in [0.1, 0.15) is 0 Å². The van der Waals surface area contributed by atoms with Crippen LogP contribution in [0.3, 0.4) is 0 Å². The smallest absolute Gasteiger partial charge is 0.0831 e. The maximum Gasteiger partial charge on any atom is 0.0831 e. The molecule has 0 aromatic heterocycles. The van der Waals surface area contributed by atoms with Gasteiger partial charge in [-0.25, -0.2) is 0 Å². The van der Waals surface area contributed by atoms with Gasteiger partial charge in [-0.15, -0.1) is 0 Å². The molecule has 5 saturated carbocycles. The Labute approximate surface area is 279 Å². The number of rotatable bonds is 2. The molecule has 0 amide bonds. The molecule has 0 bridgehead atoms. The van der Waals surface area contributed by atoms with Crippen molar-refractivity contribution in [1.82, 2.24) is 0 Å². The van der Waals surface area contributed by atoms with Crippen molar-refractivity contribution in [2.24, 2.45) is 68.7 Å². The Kier molecular flexibility index (Phi) is 7.58. The minimum atomic E-state index is 0.288. The molecular formula is C43H60N2O. The lowest BCUT2D eigenvalue weighted by atomic mass is 9.47. The molecule has 3 heteroatoms. The van der Waals surface area contributed by atoms with Crippen LogP contribution in [-0.2, 0) is 4.74 Å². The van der Waals surface area contributed by atoms with Gasteiger partial charge in [0.15, 0.2) is 0 Å². The first kappa shape index (κ1) is 29.4. The maximum absolute atomic E-state index is 7.21. The van der Waals surface area contributed by atoms with Crippen LogP contribution in [0.1, 0.15) is 135 Å². The van der Waals surface area contributed by atoms with Crippen molar-refractivity contribution in [3.63, 3.8) is 0 Å². The summed E-state index contributed by atoms with van der Waals surface area (Å²) >= 11 is 0. The molecule has 10 rings (SSSR count). The van der Waals surface area contributed by atoms with Crippen molar-refractivity contribution in [3.05, 3.63) is 36.0 Å². The topological polar surface area (TPSA) is 34.0 Å². The molecule has 3 nitrogen and oxygen atoms in total. The van der Waals surface area contributed by atoms with E-state index in [1.54, 1.807) is 0 Å². The fraction of sp³-hybridized carbons (Fsp3) is 0.814. The Bertz CT molecular complexity index is 1310. The maximum atomic E-state index is 7.21. The Morgan fingerprint density at radius 2 is 1.33 bits per heavy atom. The number of hydrogen-bond donors (Lipinski definition) is 0. The molecular weight excluding hydrogens is 560 g/mol. The third-order valence-corrected chi connectivity index (χ3v) is 16.3. The summed E-state index contributed by atoms with van der Waals surface area (Å²) in [6.45, 7) is 0. The van der Waals surface area contributed by atoms with Gasteiger partial charge in [-0.3, -0.25) is 9.98 Å². The molecule has 3 heterocycles. The lowest BCUT2D eigenvalue weighted by Crippen LogP contribution is -2.60. The number of hydrogen-bond acceptors (Lipinski definition) is 3. The second-order valence-electron chi connectivity index (χ2n) is 18.0. The second kappa shape index (κ2) is 11.8. The van der Waals surface area contributed by atoms with Crippen LogP contribution in [0.4, 0.5) is 0 Å². The summed E-state index contributed by atoms with van der Waals surface area (Å²) < 4.78 is 7.21. The van der Waals surface area contributed by atoms with Crippen LogP contribution in [0.25, 0.3) is 0 Å². The quantitative estimate of drug-likeness (QED) is 0.283. The Morgan fingerprint density at radius 3 is 2.09 bits per heavy atom. The average molecular weight is 621 g/mol. The minimum absolute atomic E-state index is 0.288. The molecule has 3 aliphatic heterocycles. The number of ether oxygens (including phenoxy) is 1. The van der Waals surface area contributed by atoms with Gasteiger partial charge in [-0.05, 0) is 149 Å². The molecule has 248 valence electrons. The largest absolute Gasteiger partial charge is 0.370 e. The Morgan fingerprint density at radius 1 is 0.630 bits per heavy atom. The SMILES string of the molecule is C1=CC(C2=NC3C(CC2)CCC2CCC(C4=CC5C(C=C4)OC4CCCCC4C54C5CCCCC5C5CCCCC54)=NC23)CCC1. The van der Waals surface area contributed by atoms with Crippen LogP contribution in [0, 0.1) is 58.7 Å². The summed E-state index contributed by atoms with van der Waals surface area (Å²) in [5, 5.41) is 0. The summed E-state index contributed by atoms with van der Waals surface area (Å²) in [5.41, 5.74) is 4.93. The first-order valence-corrected chi connectivity index (χ1v) is 20.6. The van der Waals surface area contributed by atoms with E-state index in [2.05, 4.69) is 30.4 Å². The zero-order chi connectivity index (χ0) is 30.2. The van der Waals surface area contributed by atoms with Crippen molar-refractivity contribution >= 4 is 11.4 Å². The lowest BCUT2D eigenvalue weighted by molar-refractivity contribution is -0.208. The van der Waals surface area contributed by atoms with E-state index in [9.17, 15) is 0 Å². The normalized spacial score (nSPS) is 51.0. The molecule has 1 spiro atoms. The minimum Gasteiger partial charge on any atom is -0.370 e. The summed E-state index contributed by atoms with van der Waals surface area (Å²) in [6.07, 6.45) is 42.8. The Hall–Kier alpha value is -1.48. The van der Waals surface area contributed by atoms with Gasteiger partial charge < -0.3 is 4.74 Å². The van der Waals surface area contributed by atoms with Crippen molar-refractivity contribution in [3.8, 4) is 0 Å². The zero-order valence-corrected chi connectivity index (χ0v) is 28.5. The predicted molar refractivity (Wildman–Crippen MR) is 188 cm³/mol. The molecule has 7 aliphatic carbocycles. The van der Waals surface area contributed by atoms with Gasteiger partial charge in [-0.2, -0.15) is 0 Å². The van der Waals surface area contributed by atoms with Crippen LogP contribution >= 0.6 is 0 Å². The lowest BCUT2D eigenvalue weighted by Gasteiger charge is -2.61. The molecule has 6 fully saturated rings. The summed E-state index contributed by atoms with van der Waals surface area (Å²) in [5.74, 6) is 7.29. The van der Waals surface area contributed by atoms with Crippen LogP contribution in [-0.4, -0.2) is 35.7 Å². The molecule has 1 saturated heterocycles. The molecule has 13 unspecified atom stereocenters. The summed E-state index contributed by atoms with van der Waals surface area (Å²) in [6, 6.07) is 0.843. The van der Waals surface area contributed by atoms with Crippen molar-refractivity contribution in [1.29, 1.82) is 0 Å². The zero-order valence-electron chi connectivity index (χ0n) is 28.5. The van der Waals surface area contributed by atoms with E-state index in [1.807, 2.05) is 0 Å². The Balaban J connectivity index is 1.03. The molecule has 0 radical (unpaired) electrons. The highest BCUT2D eigenvalue weighted by Gasteiger charge is 2.69. The molecule has 13 atom stereocenters. The summed E-state index contributed by atoms with van der Waals surface area (Å²) in [4.78, 5) is 11.5. The van der Waals surface area contributed by atoms with E-state index < -0.39 is 0 Å². The van der Waals surface area contributed by atoms with Gasteiger partial charge in [0, 0.05) is 23.3 Å². The number of aliphatic imine (C=N–C) groups is 2. The fourth-order valence-corrected chi connectivity index (χ4v) is 14.7. The van der Waals surface area contributed by atoms with Gasteiger partial charge in [0.2, 0.25) is 0 Å². The molecule has 0 N–H and O–H groups in total. The first-order chi connectivity index (χ1) is 22.8. The number of nitrogens with zero attached hydrogens (tertiary/aromatic N) is 2. The number of fused-ring (bicyclic) bond motifs is 12. The molecule has 46 heavy (non-hydrogen) atoms. The monoisotopic (exact) mass is 620 g/mol. The summed E-state index contributed by atoms with van der Waals surface area (Å²) in [7, 11) is 0. The van der Waals surface area contributed by atoms with Gasteiger partial charge in [-0.1, -0.05) is 68.9 Å². The van der Waals surface area contributed by atoms with E-state index in [1.165, 1.54) is 152 Å². The van der Waals surface area contributed by atoms with Crippen LogP contribution < -0.4 is 0 Å². The second-order valence-corrected chi connectivity index (χ2v) is 18.0. The third-order valence-electron chi connectivity index (χ3n) is 16.3. The highest BCUT2D eigenvalue weighted by atomic mass is 16.5. The van der Waals surface area contributed by atoms with E-state index in [0.29, 0.717) is 35.4 Å². The fourth-order valence-electron chi connectivity index (χ4n) is 14.7. The first-order valence-electron chi connectivity index (χ1n) is 20.6. The third kappa shape index (κ3) is 4.51. The van der Waals surface area contributed by atoms with Crippen molar-refractivity contribution < 1.29 is 4.74 Å². The molecule has 10 aliphatic rings. The van der Waals surface area contributed by atoms with Gasteiger partial charge in [0.25, 0.3) is 0 Å². The highest BCUT2D eigenvalue weighted by Crippen LogP contribution is 2.73. The average Bonchev–Trinajstić information content (AvgIpc) is 3.42. The van der Waals surface area contributed by atoms with Crippen LogP contribution in [0.2, 0.25) is 0 Å². The van der Waals surface area contributed by atoms with E-state index in [0.717, 1.165) is 41.4 Å². The number of allylic oxidation sites excluding steroid dienone is 4. The standard InChI is InChI=1S/C43H60N2O/c1-2-10-27(11-3-1)37-23-20-28-18-19-29-21-24-38(45-42(29)41(28)44-37)30-22-25-40-36(26-30)43(35-16-8-9-17-39(35)46-40)33-14-6-4-12-31(33)32-13-5-7-15-34(32)43/h2,10,22,25-29,31-36,39-42H,1,3-9,11-21,23-24H2. The van der Waals surface area contributed by atoms with Crippen molar-refractivity contribution in [2.75, 3.05) is 0 Å². The van der Waals surface area contributed by atoms with E-state index in [4.69, 9.17) is 14.7 Å². The molecule has 0 aromatic rings. The van der Waals surface area contributed by atoms with Crippen molar-refractivity contribution in [2.45, 2.75) is 159 Å². The highest BCUT2D eigenvalue weighted by molar-refractivity contribution is 6.03. The van der Waals surface area contributed by atoms with Crippen LogP contribution in [0.15, 0.2) is 45.9 Å². The predicted octanol–water partition coefficient (Wildman–Crippen LogP) is 10.3. The van der Waals surface area contributed by atoms with Crippen LogP contribution in [0.5, 0.6) is 0 Å². The van der Waals surface area contributed by atoms with E-state index in [-0.39, 0.29) is 6.10 Å². The van der Waals surface area contributed by atoms with E-state index >= 15 is 0 Å². The van der Waals surface area contributed by atoms with Gasteiger partial charge >= 0.3 is 0 Å². The molecule has 0 aromatic carbocycles. The van der Waals surface area contributed by atoms with Gasteiger partial charge in [0.05, 0.1) is 24.3 Å².